The third-order valence-electron chi connectivity index (χ3n) is 5.38. The lowest BCUT2D eigenvalue weighted by Gasteiger charge is -2.32. The number of fused-ring (bicyclic) bond motifs is 1. The lowest BCUT2D eigenvalue weighted by atomic mass is 9.92. The molecule has 1 aromatic heterocycles. The lowest BCUT2D eigenvalue weighted by molar-refractivity contribution is 0.145. The molecule has 0 amide bonds. The van der Waals surface area contributed by atoms with Crippen LogP contribution in [0, 0.1) is 0 Å². The van der Waals surface area contributed by atoms with Crippen molar-refractivity contribution in [1.29, 1.82) is 0 Å². The van der Waals surface area contributed by atoms with Gasteiger partial charge in [-0.15, -0.1) is 0 Å². The van der Waals surface area contributed by atoms with E-state index in [1.165, 1.54) is 16.8 Å². The summed E-state index contributed by atoms with van der Waals surface area (Å²) in [6.45, 7) is 6.60. The van der Waals surface area contributed by atoms with E-state index in [1.54, 1.807) is 0 Å². The summed E-state index contributed by atoms with van der Waals surface area (Å²) in [5.41, 5.74) is 5.29. The molecule has 5 nitrogen and oxygen atoms in total. The molecule has 1 fully saturated rings. The van der Waals surface area contributed by atoms with E-state index < -0.39 is 0 Å². The number of nitrogens with zero attached hydrogens (tertiary/aromatic N) is 4. The number of rotatable bonds is 3. The third kappa shape index (κ3) is 3.11. The van der Waals surface area contributed by atoms with Crippen molar-refractivity contribution < 1.29 is 0 Å². The highest BCUT2D eigenvalue weighted by Crippen LogP contribution is 2.28. The van der Waals surface area contributed by atoms with E-state index in [2.05, 4.69) is 64.2 Å². The summed E-state index contributed by atoms with van der Waals surface area (Å²) in [6, 6.07) is 11.3. The van der Waals surface area contributed by atoms with Gasteiger partial charge in [-0.2, -0.15) is 5.10 Å². The molecule has 5 heteroatoms. The molecule has 1 saturated heterocycles. The standard InChI is InChI=1S/C19H27N5/c1-22-9-11-24(12-10-22)14-16-13-18(21-23(16)2)19-17-6-4-3-5-15(17)7-8-20-19/h3-6,13,19-20H,7-12,14H2,1-2H3/t19-/m0/s1. The molecule has 3 heterocycles. The Labute approximate surface area is 144 Å². The van der Waals surface area contributed by atoms with Crippen molar-refractivity contribution >= 4 is 0 Å². The van der Waals surface area contributed by atoms with E-state index in [0.29, 0.717) is 0 Å². The number of hydrogen-bond acceptors (Lipinski definition) is 4. The first kappa shape index (κ1) is 15.8. The summed E-state index contributed by atoms with van der Waals surface area (Å²) in [5.74, 6) is 0. The van der Waals surface area contributed by atoms with Gasteiger partial charge in [0.2, 0.25) is 0 Å². The van der Waals surface area contributed by atoms with Crippen molar-refractivity contribution in [2.75, 3.05) is 39.8 Å². The second-order valence-corrected chi connectivity index (χ2v) is 7.10. The number of piperazine rings is 1. The van der Waals surface area contributed by atoms with Crippen molar-refractivity contribution in [3.8, 4) is 0 Å². The van der Waals surface area contributed by atoms with Gasteiger partial charge in [0.25, 0.3) is 0 Å². The highest BCUT2D eigenvalue weighted by atomic mass is 15.3. The fraction of sp³-hybridized carbons (Fsp3) is 0.526. The normalized spacial score (nSPS) is 22.5. The number of benzene rings is 1. The van der Waals surface area contributed by atoms with Crippen LogP contribution in [0.3, 0.4) is 0 Å². The Kier molecular flexibility index (Phi) is 4.39. The summed E-state index contributed by atoms with van der Waals surface area (Å²) >= 11 is 0. The quantitative estimate of drug-likeness (QED) is 0.925. The Morgan fingerprint density at radius 3 is 2.75 bits per heavy atom. The Morgan fingerprint density at radius 2 is 1.92 bits per heavy atom. The molecular weight excluding hydrogens is 298 g/mol. The van der Waals surface area contributed by atoms with Crippen LogP contribution in [0.15, 0.2) is 30.3 Å². The lowest BCUT2D eigenvalue weighted by Crippen LogP contribution is -2.44. The highest BCUT2D eigenvalue weighted by Gasteiger charge is 2.24. The summed E-state index contributed by atoms with van der Waals surface area (Å²) in [4.78, 5) is 4.93. The van der Waals surface area contributed by atoms with Crippen LogP contribution in [-0.4, -0.2) is 59.4 Å². The Morgan fingerprint density at radius 1 is 1.12 bits per heavy atom. The summed E-state index contributed by atoms with van der Waals surface area (Å²) in [5, 5.41) is 8.48. The maximum Gasteiger partial charge on any atom is 0.0842 e. The zero-order chi connectivity index (χ0) is 16.5. The van der Waals surface area contributed by atoms with Gasteiger partial charge in [-0.05, 0) is 30.7 Å². The number of likely N-dealkylation sites (N-methyl/N-ethyl adjacent to an activating group) is 1. The van der Waals surface area contributed by atoms with E-state index in [4.69, 9.17) is 5.10 Å². The van der Waals surface area contributed by atoms with Gasteiger partial charge >= 0.3 is 0 Å². The van der Waals surface area contributed by atoms with E-state index >= 15 is 0 Å². The Balaban J connectivity index is 1.54. The number of aromatic nitrogens is 2. The molecular formula is C19H27N5. The number of aryl methyl sites for hydroxylation is 1. The van der Waals surface area contributed by atoms with Crippen LogP contribution in [-0.2, 0) is 20.0 Å². The first-order valence-corrected chi connectivity index (χ1v) is 8.95. The van der Waals surface area contributed by atoms with Crippen LogP contribution in [0.1, 0.15) is 28.6 Å². The SMILES string of the molecule is CN1CCN(Cc2cc([C@H]3NCCc4ccccc43)nn2C)CC1. The Hall–Kier alpha value is -1.69. The minimum absolute atomic E-state index is 0.224. The molecule has 2 aromatic rings. The maximum atomic E-state index is 4.83. The van der Waals surface area contributed by atoms with E-state index in [9.17, 15) is 0 Å². The molecule has 4 rings (SSSR count). The van der Waals surface area contributed by atoms with Crippen LogP contribution in [0.25, 0.3) is 0 Å². The van der Waals surface area contributed by atoms with Crippen LogP contribution >= 0.6 is 0 Å². The molecule has 128 valence electrons. The average molecular weight is 325 g/mol. The van der Waals surface area contributed by atoms with Crippen LogP contribution < -0.4 is 5.32 Å². The first-order chi connectivity index (χ1) is 11.7. The van der Waals surface area contributed by atoms with Gasteiger partial charge in [0.05, 0.1) is 17.4 Å². The van der Waals surface area contributed by atoms with Crippen LogP contribution in [0.4, 0.5) is 0 Å². The second kappa shape index (κ2) is 6.67. The van der Waals surface area contributed by atoms with Crippen molar-refractivity contribution in [3.63, 3.8) is 0 Å². The van der Waals surface area contributed by atoms with Gasteiger partial charge < -0.3 is 10.2 Å². The summed E-state index contributed by atoms with van der Waals surface area (Å²) < 4.78 is 2.06. The van der Waals surface area contributed by atoms with Crippen molar-refractivity contribution in [3.05, 3.63) is 52.8 Å². The van der Waals surface area contributed by atoms with Gasteiger partial charge in [0.1, 0.15) is 0 Å². The smallest absolute Gasteiger partial charge is 0.0842 e. The molecule has 0 unspecified atom stereocenters. The van der Waals surface area contributed by atoms with Gasteiger partial charge in [0.15, 0.2) is 0 Å². The minimum Gasteiger partial charge on any atom is -0.305 e. The van der Waals surface area contributed by atoms with E-state index in [0.717, 1.165) is 51.4 Å². The zero-order valence-corrected chi connectivity index (χ0v) is 14.7. The third-order valence-corrected chi connectivity index (χ3v) is 5.38. The molecule has 1 aromatic carbocycles. The second-order valence-electron chi connectivity index (χ2n) is 7.10. The van der Waals surface area contributed by atoms with Crippen molar-refractivity contribution in [2.24, 2.45) is 7.05 Å². The maximum absolute atomic E-state index is 4.83. The monoisotopic (exact) mass is 325 g/mol. The Bertz CT molecular complexity index is 700. The molecule has 0 aliphatic carbocycles. The molecule has 24 heavy (non-hydrogen) atoms. The largest absolute Gasteiger partial charge is 0.305 e. The van der Waals surface area contributed by atoms with Gasteiger partial charge in [-0.1, -0.05) is 24.3 Å². The molecule has 0 saturated carbocycles. The number of nitrogens with one attached hydrogen (secondary N) is 1. The molecule has 1 N–H and O–H groups in total. The zero-order valence-electron chi connectivity index (χ0n) is 14.7. The fourth-order valence-corrected chi connectivity index (χ4v) is 3.82. The molecule has 0 bridgehead atoms. The van der Waals surface area contributed by atoms with E-state index in [1.807, 2.05) is 0 Å². The highest BCUT2D eigenvalue weighted by molar-refractivity contribution is 5.37. The predicted molar refractivity (Wildman–Crippen MR) is 96.0 cm³/mol. The minimum atomic E-state index is 0.224. The molecule has 0 spiro atoms. The van der Waals surface area contributed by atoms with Crippen molar-refractivity contribution in [2.45, 2.75) is 19.0 Å². The topological polar surface area (TPSA) is 36.3 Å². The van der Waals surface area contributed by atoms with Crippen LogP contribution in [0.2, 0.25) is 0 Å². The van der Waals surface area contributed by atoms with Crippen molar-refractivity contribution in [1.82, 2.24) is 24.9 Å². The molecule has 2 aliphatic heterocycles. The molecule has 1 atom stereocenters. The summed E-state index contributed by atoms with van der Waals surface area (Å²) in [7, 11) is 4.27. The van der Waals surface area contributed by atoms with Crippen LogP contribution in [0.5, 0.6) is 0 Å². The predicted octanol–water partition coefficient (Wildman–Crippen LogP) is 1.40. The fourth-order valence-electron chi connectivity index (χ4n) is 3.82. The number of hydrogen-bond donors (Lipinski definition) is 1. The average Bonchev–Trinajstić information content (AvgIpc) is 2.97. The molecule has 0 radical (unpaired) electrons. The summed E-state index contributed by atoms with van der Waals surface area (Å²) in [6.07, 6.45) is 1.10. The van der Waals surface area contributed by atoms with E-state index in [-0.39, 0.29) is 6.04 Å². The first-order valence-electron chi connectivity index (χ1n) is 8.95. The van der Waals surface area contributed by atoms with Gasteiger partial charge in [0, 0.05) is 46.3 Å². The molecule has 2 aliphatic rings. The van der Waals surface area contributed by atoms with Gasteiger partial charge in [-0.3, -0.25) is 9.58 Å². The van der Waals surface area contributed by atoms with Gasteiger partial charge in [-0.25, -0.2) is 0 Å².